The van der Waals surface area contributed by atoms with Gasteiger partial charge < -0.3 is 4.84 Å². The second-order valence-electron chi connectivity index (χ2n) is 7.06. The Morgan fingerprint density at radius 3 is 2.23 bits per heavy atom. The van der Waals surface area contributed by atoms with Crippen molar-refractivity contribution in [3.05, 3.63) is 88.7 Å². The monoisotopic (exact) mass is 421 g/mol. The fraction of sp³-hybridized carbons (Fsp3) is 0.240. The number of allylic oxidation sites excluding steroid dienone is 2. The summed E-state index contributed by atoms with van der Waals surface area (Å²) >= 11 is 0. The summed E-state index contributed by atoms with van der Waals surface area (Å²) in [7, 11) is -0.414. The smallest absolute Gasteiger partial charge is 0.312 e. The Kier molecular flexibility index (Phi) is 8.21. The molecular weight excluding hydrogens is 394 g/mol. The molecule has 0 radical (unpaired) electrons. The van der Waals surface area contributed by atoms with Crippen LogP contribution >= 0.6 is 10.9 Å². The molecule has 0 fully saturated rings. The fourth-order valence-electron chi connectivity index (χ4n) is 3.10. The number of hydrogen-bond donors (Lipinski definition) is 1. The summed E-state index contributed by atoms with van der Waals surface area (Å²) in [6, 6.07) is 16.3. The van der Waals surface area contributed by atoms with Crippen LogP contribution in [0.4, 0.5) is 0 Å². The van der Waals surface area contributed by atoms with Crippen molar-refractivity contribution >= 4 is 28.4 Å². The summed E-state index contributed by atoms with van der Waals surface area (Å²) in [5.74, 6) is -0.753. The standard InChI is InChI=1S/C25H27NO3S/c1-2-3-4-8-13-23(26-29-25(28)21-11-6-5-7-12-21)24(27)20-14-16-22(17-15-20)30-18-9-10-19-30/h5-7,9-12,14-19,30H,2-4,8,13H2,1H3. The molecule has 1 aliphatic heterocycles. The highest BCUT2D eigenvalue weighted by molar-refractivity contribution is 8.22. The van der Waals surface area contributed by atoms with Gasteiger partial charge in [-0.2, -0.15) is 10.9 Å². The number of hydrogen-bond acceptors (Lipinski definition) is 4. The van der Waals surface area contributed by atoms with Crippen LogP contribution in [0.1, 0.15) is 59.7 Å². The van der Waals surface area contributed by atoms with Crippen LogP contribution in [0.5, 0.6) is 0 Å². The zero-order valence-electron chi connectivity index (χ0n) is 17.2. The Labute approximate surface area is 180 Å². The average molecular weight is 422 g/mol. The van der Waals surface area contributed by atoms with E-state index >= 15 is 0 Å². The molecule has 0 aromatic heterocycles. The van der Waals surface area contributed by atoms with E-state index in [1.165, 1.54) is 4.90 Å². The van der Waals surface area contributed by atoms with Gasteiger partial charge in [0, 0.05) is 5.56 Å². The first-order valence-electron chi connectivity index (χ1n) is 10.3. The van der Waals surface area contributed by atoms with Crippen LogP contribution in [-0.2, 0) is 4.84 Å². The number of unbranched alkanes of at least 4 members (excludes halogenated alkanes) is 3. The predicted octanol–water partition coefficient (Wildman–Crippen LogP) is 6.45. The third-order valence-corrected chi connectivity index (χ3v) is 6.69. The van der Waals surface area contributed by atoms with Gasteiger partial charge in [-0.05, 0) is 65.0 Å². The molecule has 0 unspecified atom stereocenters. The third-order valence-electron chi connectivity index (χ3n) is 4.81. The van der Waals surface area contributed by atoms with Crippen molar-refractivity contribution in [2.24, 2.45) is 5.16 Å². The summed E-state index contributed by atoms with van der Waals surface area (Å²) in [5.41, 5.74) is 1.25. The van der Waals surface area contributed by atoms with E-state index in [1.807, 2.05) is 42.5 Å². The maximum Gasteiger partial charge on any atom is 0.365 e. The Hall–Kier alpha value is -2.92. The van der Waals surface area contributed by atoms with Crippen LogP contribution in [0.2, 0.25) is 0 Å². The lowest BCUT2D eigenvalue weighted by atomic mass is 10.0. The number of oxime groups is 1. The Bertz CT molecular complexity index is 934. The SMILES string of the molecule is CCCCCCC(=NOC(=O)c1ccccc1)C(=O)c1ccc([SH]2C=CC=C2)cc1. The molecule has 30 heavy (non-hydrogen) atoms. The molecule has 0 bridgehead atoms. The number of thiol groups is 1. The summed E-state index contributed by atoms with van der Waals surface area (Å²) in [5, 5.41) is 8.33. The molecule has 2 aromatic carbocycles. The normalized spacial score (nSPS) is 14.2. The number of rotatable bonds is 10. The number of ketones is 1. The summed E-state index contributed by atoms with van der Waals surface area (Å²) in [6.45, 7) is 2.14. The number of benzene rings is 2. The highest BCUT2D eigenvalue weighted by atomic mass is 32.2. The lowest BCUT2D eigenvalue weighted by Gasteiger charge is -2.11. The van der Waals surface area contributed by atoms with E-state index in [0.717, 1.165) is 25.7 Å². The first-order valence-corrected chi connectivity index (χ1v) is 11.8. The lowest BCUT2D eigenvalue weighted by Crippen LogP contribution is -2.16. The minimum absolute atomic E-state index is 0.191. The average Bonchev–Trinajstić information content (AvgIpc) is 3.34. The maximum atomic E-state index is 13.0. The molecule has 5 heteroatoms. The van der Waals surface area contributed by atoms with Crippen LogP contribution in [0.25, 0.3) is 0 Å². The van der Waals surface area contributed by atoms with Gasteiger partial charge in [-0.15, -0.1) is 0 Å². The molecule has 0 atom stereocenters. The highest BCUT2D eigenvalue weighted by Gasteiger charge is 2.17. The summed E-state index contributed by atoms with van der Waals surface area (Å²) in [6.07, 6.45) is 8.64. The van der Waals surface area contributed by atoms with Crippen molar-refractivity contribution < 1.29 is 14.4 Å². The summed E-state index contributed by atoms with van der Waals surface area (Å²) < 4.78 is 0. The van der Waals surface area contributed by atoms with Gasteiger partial charge >= 0.3 is 5.97 Å². The van der Waals surface area contributed by atoms with Crippen LogP contribution in [0.15, 0.2) is 87.6 Å². The number of nitrogens with zero attached hydrogens (tertiary/aromatic N) is 1. The first kappa shape index (κ1) is 21.8. The van der Waals surface area contributed by atoms with Gasteiger partial charge in [0.2, 0.25) is 5.78 Å². The Morgan fingerprint density at radius 1 is 0.867 bits per heavy atom. The molecule has 4 nitrogen and oxygen atoms in total. The highest BCUT2D eigenvalue weighted by Crippen LogP contribution is 2.41. The van der Waals surface area contributed by atoms with Gasteiger partial charge in [0.1, 0.15) is 5.71 Å². The van der Waals surface area contributed by atoms with Gasteiger partial charge in [-0.1, -0.05) is 61.7 Å². The maximum absolute atomic E-state index is 13.0. The fourth-order valence-corrected chi connectivity index (χ4v) is 4.61. The van der Waals surface area contributed by atoms with Gasteiger partial charge in [0.05, 0.1) is 5.56 Å². The number of Topliss-reactive ketones (excluding diaryl/α,β-unsaturated/α-hetero) is 1. The van der Waals surface area contributed by atoms with E-state index in [0.29, 0.717) is 17.5 Å². The largest absolute Gasteiger partial charge is 0.365 e. The second kappa shape index (κ2) is 11.3. The van der Waals surface area contributed by atoms with Crippen molar-refractivity contribution in [3.63, 3.8) is 0 Å². The molecule has 0 spiro atoms. The van der Waals surface area contributed by atoms with Crippen LogP contribution in [0.3, 0.4) is 0 Å². The van der Waals surface area contributed by atoms with Crippen molar-refractivity contribution in [1.29, 1.82) is 0 Å². The zero-order valence-corrected chi connectivity index (χ0v) is 18.1. The molecule has 1 aliphatic rings. The van der Waals surface area contributed by atoms with Crippen LogP contribution in [0, 0.1) is 0 Å². The Morgan fingerprint density at radius 2 is 1.57 bits per heavy atom. The quantitative estimate of drug-likeness (QED) is 0.120. The third kappa shape index (κ3) is 6.04. The van der Waals surface area contributed by atoms with Crippen molar-refractivity contribution in [2.75, 3.05) is 0 Å². The van der Waals surface area contributed by atoms with Crippen LogP contribution < -0.4 is 0 Å². The van der Waals surface area contributed by atoms with Crippen molar-refractivity contribution in [1.82, 2.24) is 0 Å². The molecule has 0 amide bonds. The Balaban J connectivity index is 1.72. The van der Waals surface area contributed by atoms with E-state index in [4.69, 9.17) is 4.84 Å². The molecular formula is C25H27NO3S. The minimum atomic E-state index is -0.563. The minimum Gasteiger partial charge on any atom is -0.312 e. The topological polar surface area (TPSA) is 55.7 Å². The van der Waals surface area contributed by atoms with Crippen molar-refractivity contribution in [2.45, 2.75) is 43.9 Å². The van der Waals surface area contributed by atoms with E-state index in [2.05, 4.69) is 22.9 Å². The van der Waals surface area contributed by atoms with E-state index < -0.39 is 16.9 Å². The molecule has 0 saturated carbocycles. The van der Waals surface area contributed by atoms with E-state index in [-0.39, 0.29) is 11.5 Å². The molecule has 2 aromatic rings. The molecule has 3 rings (SSSR count). The van der Waals surface area contributed by atoms with Gasteiger partial charge in [-0.25, -0.2) is 4.79 Å². The predicted molar refractivity (Wildman–Crippen MR) is 124 cm³/mol. The van der Waals surface area contributed by atoms with Crippen molar-refractivity contribution in [3.8, 4) is 0 Å². The van der Waals surface area contributed by atoms with E-state index in [9.17, 15) is 9.59 Å². The van der Waals surface area contributed by atoms with Crippen LogP contribution in [-0.4, -0.2) is 17.5 Å². The molecule has 0 aliphatic carbocycles. The summed E-state index contributed by atoms with van der Waals surface area (Å²) in [4.78, 5) is 31.6. The van der Waals surface area contributed by atoms with Gasteiger partial charge in [0.15, 0.2) is 0 Å². The molecule has 1 heterocycles. The second-order valence-corrected chi connectivity index (χ2v) is 8.99. The zero-order chi connectivity index (χ0) is 21.2. The van der Waals surface area contributed by atoms with E-state index in [1.54, 1.807) is 24.3 Å². The molecule has 0 saturated heterocycles. The molecule has 156 valence electrons. The molecule has 0 N–H and O–H groups in total. The first-order chi connectivity index (χ1) is 14.7. The number of carbonyl (C=O) groups is 2. The van der Waals surface area contributed by atoms with Gasteiger partial charge in [-0.3, -0.25) is 4.79 Å². The lowest BCUT2D eigenvalue weighted by molar-refractivity contribution is 0.0514. The van der Waals surface area contributed by atoms with Gasteiger partial charge in [0.25, 0.3) is 0 Å². The number of carbonyl (C=O) groups excluding carboxylic acids is 2.